The van der Waals surface area contributed by atoms with Crippen molar-refractivity contribution in [3.63, 3.8) is 0 Å². The van der Waals surface area contributed by atoms with Crippen molar-refractivity contribution in [3.05, 3.63) is 53.1 Å². The van der Waals surface area contributed by atoms with Gasteiger partial charge in [-0.2, -0.15) is 13.2 Å². The van der Waals surface area contributed by atoms with Crippen LogP contribution in [-0.2, 0) is 4.74 Å². The van der Waals surface area contributed by atoms with Crippen molar-refractivity contribution in [2.24, 2.45) is 16.1 Å². The Morgan fingerprint density at radius 3 is 2.78 bits per heavy atom. The number of alkyl halides is 4. The monoisotopic (exact) mass is 454 g/mol. The van der Waals surface area contributed by atoms with Crippen LogP contribution < -0.4 is 11.1 Å². The number of amidine groups is 1. The minimum absolute atomic E-state index is 0.220. The number of nitrogens with two attached hydrogens (primary N) is 1. The standard InChI is InChI=1S/C21H19F5N4O2/c1-28-18(31)13-6-7-29-14(8-13)4-2-12-3-5-15(23)20(9-12)10-17(21(24,25)26)32-19(27)30-16(20)11-22/h3,5-8,16-17H,9-11H2,1H3,(H2,27,30)(H,28,31)/t16?,17-,20?/m0/s1. The lowest BCUT2D eigenvalue weighted by molar-refractivity contribution is -0.206. The van der Waals surface area contributed by atoms with E-state index in [-0.39, 0.29) is 23.6 Å². The van der Waals surface area contributed by atoms with Gasteiger partial charge in [0, 0.05) is 30.8 Å². The topological polar surface area (TPSA) is 89.6 Å². The molecular formula is C21H19F5N4O2. The number of hydrogen-bond acceptors (Lipinski definition) is 5. The van der Waals surface area contributed by atoms with Crippen molar-refractivity contribution < 1.29 is 31.5 Å². The van der Waals surface area contributed by atoms with Crippen LogP contribution in [0.1, 0.15) is 28.9 Å². The fourth-order valence-corrected chi connectivity index (χ4v) is 3.61. The zero-order valence-corrected chi connectivity index (χ0v) is 16.8. The van der Waals surface area contributed by atoms with Gasteiger partial charge in [-0.1, -0.05) is 5.92 Å². The van der Waals surface area contributed by atoms with E-state index < -0.39 is 48.7 Å². The number of allylic oxidation sites excluding steroid dienone is 3. The zero-order chi connectivity index (χ0) is 23.5. The molecule has 1 amide bonds. The zero-order valence-electron chi connectivity index (χ0n) is 16.8. The number of ether oxygens (including phenoxy) is 1. The fraction of sp³-hybridized carbons (Fsp3) is 0.381. The van der Waals surface area contributed by atoms with E-state index in [1.165, 1.54) is 31.5 Å². The van der Waals surface area contributed by atoms with Crippen molar-refractivity contribution in [2.75, 3.05) is 13.7 Å². The lowest BCUT2D eigenvalue weighted by Crippen LogP contribution is -2.43. The van der Waals surface area contributed by atoms with Gasteiger partial charge in [-0.3, -0.25) is 4.79 Å². The van der Waals surface area contributed by atoms with Gasteiger partial charge in [-0.15, -0.1) is 0 Å². The summed E-state index contributed by atoms with van der Waals surface area (Å²) in [4.78, 5) is 19.4. The van der Waals surface area contributed by atoms with Crippen LogP contribution >= 0.6 is 0 Å². The maximum Gasteiger partial charge on any atom is 0.425 e. The Morgan fingerprint density at radius 1 is 1.38 bits per heavy atom. The highest BCUT2D eigenvalue weighted by molar-refractivity contribution is 5.94. The molecule has 11 heteroatoms. The van der Waals surface area contributed by atoms with Crippen LogP contribution in [0.3, 0.4) is 0 Å². The van der Waals surface area contributed by atoms with Crippen LogP contribution in [0, 0.1) is 17.3 Å². The smallest absolute Gasteiger partial charge is 0.425 e. The molecule has 3 atom stereocenters. The molecule has 6 nitrogen and oxygen atoms in total. The normalized spacial score (nSPS) is 25.4. The van der Waals surface area contributed by atoms with E-state index >= 15 is 0 Å². The quantitative estimate of drug-likeness (QED) is 0.531. The molecule has 1 spiro atoms. The van der Waals surface area contributed by atoms with Crippen molar-refractivity contribution in [2.45, 2.75) is 31.2 Å². The van der Waals surface area contributed by atoms with E-state index in [9.17, 15) is 26.7 Å². The minimum Gasteiger partial charge on any atom is -0.452 e. The highest BCUT2D eigenvalue weighted by Gasteiger charge is 2.55. The van der Waals surface area contributed by atoms with Gasteiger partial charge in [0.1, 0.15) is 18.2 Å². The molecule has 0 saturated heterocycles. The number of amides is 1. The molecule has 2 unspecified atom stereocenters. The van der Waals surface area contributed by atoms with Crippen LogP contribution in [0.25, 0.3) is 0 Å². The molecule has 3 N–H and O–H groups in total. The van der Waals surface area contributed by atoms with Gasteiger partial charge in [0.25, 0.3) is 11.9 Å². The Bertz CT molecular complexity index is 1050. The molecule has 1 aromatic rings. The molecule has 0 aromatic carbocycles. The van der Waals surface area contributed by atoms with E-state index in [1.54, 1.807) is 0 Å². The number of rotatable bonds is 2. The molecular weight excluding hydrogens is 435 g/mol. The van der Waals surface area contributed by atoms with Gasteiger partial charge in [-0.05, 0) is 36.6 Å². The highest BCUT2D eigenvalue weighted by Crippen LogP contribution is 2.50. The number of carbonyl (C=O) groups is 1. The number of aliphatic imine (C=N–C) groups is 1. The molecule has 0 radical (unpaired) electrons. The first kappa shape index (κ1) is 23.2. The van der Waals surface area contributed by atoms with Crippen molar-refractivity contribution >= 4 is 11.9 Å². The molecule has 1 aliphatic carbocycles. The van der Waals surface area contributed by atoms with Gasteiger partial charge in [0.05, 0.1) is 11.5 Å². The summed E-state index contributed by atoms with van der Waals surface area (Å²) in [5.41, 5.74) is 4.18. The highest BCUT2D eigenvalue weighted by atomic mass is 19.4. The van der Waals surface area contributed by atoms with Crippen LogP contribution in [0.2, 0.25) is 0 Å². The van der Waals surface area contributed by atoms with Gasteiger partial charge in [-0.25, -0.2) is 18.8 Å². The van der Waals surface area contributed by atoms with Gasteiger partial charge < -0.3 is 15.8 Å². The third-order valence-electron chi connectivity index (χ3n) is 5.26. The molecule has 2 aliphatic rings. The van der Waals surface area contributed by atoms with Crippen LogP contribution in [0.4, 0.5) is 22.0 Å². The fourth-order valence-electron chi connectivity index (χ4n) is 3.61. The van der Waals surface area contributed by atoms with Crippen LogP contribution in [-0.4, -0.2) is 49.0 Å². The molecule has 0 bridgehead atoms. The second kappa shape index (κ2) is 8.98. The molecule has 1 aromatic heterocycles. The summed E-state index contributed by atoms with van der Waals surface area (Å²) in [6, 6.07) is 0.535. The van der Waals surface area contributed by atoms with Gasteiger partial charge in [0.2, 0.25) is 0 Å². The molecule has 32 heavy (non-hydrogen) atoms. The number of hydrogen-bond donors (Lipinski definition) is 2. The SMILES string of the molecule is CNC(=O)c1ccnc(C#CC2=CC=C(F)C3(C2)C[C@@H](C(F)(F)F)OC(N)=NC3CF)c1. The maximum atomic E-state index is 15.0. The van der Waals surface area contributed by atoms with Crippen molar-refractivity contribution in [1.82, 2.24) is 10.3 Å². The summed E-state index contributed by atoms with van der Waals surface area (Å²) < 4.78 is 73.7. The Balaban J connectivity index is 1.96. The summed E-state index contributed by atoms with van der Waals surface area (Å²) >= 11 is 0. The van der Waals surface area contributed by atoms with Crippen LogP contribution in [0.15, 0.2) is 46.9 Å². The minimum atomic E-state index is -4.87. The molecule has 0 saturated carbocycles. The third-order valence-corrected chi connectivity index (χ3v) is 5.26. The predicted octanol–water partition coefficient (Wildman–Crippen LogP) is 2.97. The summed E-state index contributed by atoms with van der Waals surface area (Å²) in [7, 11) is 1.46. The van der Waals surface area contributed by atoms with Gasteiger partial charge in [0.15, 0.2) is 6.10 Å². The second-order valence-electron chi connectivity index (χ2n) is 7.29. The Morgan fingerprint density at radius 2 is 2.12 bits per heavy atom. The van der Waals surface area contributed by atoms with E-state index in [1.807, 2.05) is 0 Å². The van der Waals surface area contributed by atoms with E-state index in [0.29, 0.717) is 5.56 Å². The number of carbonyl (C=O) groups excluding carboxylic acids is 1. The Labute approximate surface area is 180 Å². The Kier molecular flexibility index (Phi) is 6.52. The van der Waals surface area contributed by atoms with Crippen molar-refractivity contribution in [1.29, 1.82) is 0 Å². The average molecular weight is 454 g/mol. The predicted molar refractivity (Wildman–Crippen MR) is 106 cm³/mol. The number of halogens is 5. The molecule has 3 rings (SSSR count). The lowest BCUT2D eigenvalue weighted by Gasteiger charge is -2.38. The lowest BCUT2D eigenvalue weighted by atomic mass is 9.68. The summed E-state index contributed by atoms with van der Waals surface area (Å²) in [6.45, 7) is -1.24. The summed E-state index contributed by atoms with van der Waals surface area (Å²) in [5.74, 6) is 4.12. The van der Waals surface area contributed by atoms with Crippen molar-refractivity contribution in [3.8, 4) is 11.8 Å². The molecule has 1 aliphatic heterocycles. The third kappa shape index (κ3) is 4.74. The van der Waals surface area contributed by atoms with E-state index in [4.69, 9.17) is 5.73 Å². The summed E-state index contributed by atoms with van der Waals surface area (Å²) in [5, 5.41) is 2.46. The molecule has 170 valence electrons. The first-order chi connectivity index (χ1) is 15.1. The maximum absolute atomic E-state index is 15.0. The average Bonchev–Trinajstić information content (AvgIpc) is 2.90. The second-order valence-corrected chi connectivity index (χ2v) is 7.29. The number of nitrogens with one attached hydrogen (secondary N) is 1. The first-order valence-corrected chi connectivity index (χ1v) is 9.48. The summed E-state index contributed by atoms with van der Waals surface area (Å²) in [6.07, 6.45) is -4.96. The first-order valence-electron chi connectivity index (χ1n) is 9.48. The number of aromatic nitrogens is 1. The largest absolute Gasteiger partial charge is 0.452 e. The Hall–Kier alpha value is -3.42. The molecule has 0 fully saturated rings. The van der Waals surface area contributed by atoms with Gasteiger partial charge >= 0.3 is 6.18 Å². The van der Waals surface area contributed by atoms with E-state index in [0.717, 1.165) is 6.08 Å². The molecule has 2 heterocycles. The number of nitrogens with zero attached hydrogens (tertiary/aromatic N) is 2. The van der Waals surface area contributed by atoms with E-state index in [2.05, 4.69) is 31.9 Å². The van der Waals surface area contributed by atoms with Crippen LogP contribution in [0.5, 0.6) is 0 Å². The number of pyridine rings is 1.